The van der Waals surface area contributed by atoms with E-state index in [1.165, 1.54) is 25.7 Å². The second-order valence-electron chi connectivity index (χ2n) is 3.83. The van der Waals surface area contributed by atoms with Crippen molar-refractivity contribution in [3.63, 3.8) is 0 Å². The number of hydrogen-bond acceptors (Lipinski definition) is 3. The first-order valence-corrected chi connectivity index (χ1v) is 5.54. The van der Waals surface area contributed by atoms with Gasteiger partial charge in [-0.15, -0.1) is 0 Å². The van der Waals surface area contributed by atoms with Gasteiger partial charge in [-0.1, -0.05) is 11.6 Å². The van der Waals surface area contributed by atoms with Crippen LogP contribution in [-0.4, -0.2) is 22.9 Å². The second kappa shape index (κ2) is 5.41. The summed E-state index contributed by atoms with van der Waals surface area (Å²) in [5, 5.41) is 8.01. The fourth-order valence-electron chi connectivity index (χ4n) is 1.76. The van der Waals surface area contributed by atoms with Crippen molar-refractivity contribution in [2.24, 2.45) is 11.7 Å². The summed E-state index contributed by atoms with van der Waals surface area (Å²) in [6.07, 6.45) is 8.18. The zero-order valence-corrected chi connectivity index (χ0v) is 9.04. The fourth-order valence-corrected chi connectivity index (χ4v) is 1.92. The molecule has 2 unspecified atom stereocenters. The van der Waals surface area contributed by atoms with E-state index in [0.717, 1.165) is 5.92 Å². The van der Waals surface area contributed by atoms with Gasteiger partial charge in [0.1, 0.15) is 6.04 Å². The van der Waals surface area contributed by atoms with Crippen LogP contribution in [-0.2, 0) is 4.79 Å². The van der Waals surface area contributed by atoms with Crippen LogP contribution in [0.15, 0.2) is 11.6 Å². The Kier molecular flexibility index (Phi) is 4.48. The molecule has 0 aliphatic heterocycles. The fraction of sp³-hybridized carbons (Fsp3) is 0.700. The van der Waals surface area contributed by atoms with Crippen LogP contribution in [0.2, 0.25) is 0 Å². The molecule has 2 aliphatic carbocycles. The highest BCUT2D eigenvalue weighted by Gasteiger charge is 2.22. The number of aliphatic carboxylic acids is 1. The third kappa shape index (κ3) is 3.35. The van der Waals surface area contributed by atoms with E-state index in [2.05, 4.69) is 18.7 Å². The number of hydrogen-bond donors (Lipinski definition) is 3. The molecule has 0 aromatic heterocycles. The lowest BCUT2D eigenvalue weighted by molar-refractivity contribution is -0.137. The zero-order valence-electron chi connectivity index (χ0n) is 8.15. The maximum absolute atomic E-state index is 9.76. The predicted molar refractivity (Wildman–Crippen MR) is 59.5 cm³/mol. The minimum atomic E-state index is -1.00. The van der Waals surface area contributed by atoms with Crippen LogP contribution in [0.1, 0.15) is 25.7 Å². The van der Waals surface area contributed by atoms with Crippen LogP contribution in [0.5, 0.6) is 0 Å². The molecule has 2 bridgehead atoms. The van der Waals surface area contributed by atoms with Crippen molar-refractivity contribution < 1.29 is 9.90 Å². The highest BCUT2D eigenvalue weighted by atomic mass is 32.1. The van der Waals surface area contributed by atoms with Crippen LogP contribution in [0, 0.1) is 5.92 Å². The molecule has 0 spiro atoms. The number of nitrogens with two attached hydrogens (primary N) is 1. The molecule has 80 valence electrons. The van der Waals surface area contributed by atoms with Gasteiger partial charge in [0.05, 0.1) is 0 Å². The lowest BCUT2D eigenvalue weighted by atomic mass is 10.1. The first kappa shape index (κ1) is 11.6. The average molecular weight is 215 g/mol. The van der Waals surface area contributed by atoms with E-state index in [9.17, 15) is 4.79 Å². The summed E-state index contributed by atoms with van der Waals surface area (Å²) in [5.41, 5.74) is 6.68. The van der Waals surface area contributed by atoms with Gasteiger partial charge in [0.15, 0.2) is 0 Å². The largest absolute Gasteiger partial charge is 0.480 e. The van der Waals surface area contributed by atoms with E-state index in [0.29, 0.717) is 0 Å². The van der Waals surface area contributed by atoms with Crippen LogP contribution < -0.4 is 5.73 Å². The quantitative estimate of drug-likeness (QED) is 0.482. The SMILES string of the molecule is C1=C2CCC(C1)C2.NC(CS)C(=O)O. The van der Waals surface area contributed by atoms with Crippen LogP contribution >= 0.6 is 12.6 Å². The van der Waals surface area contributed by atoms with Crippen molar-refractivity contribution in [1.82, 2.24) is 0 Å². The Bertz CT molecular complexity index is 240. The molecule has 0 aromatic carbocycles. The molecule has 2 aliphatic rings. The van der Waals surface area contributed by atoms with E-state index in [-0.39, 0.29) is 5.75 Å². The van der Waals surface area contributed by atoms with Gasteiger partial charge in [-0.3, -0.25) is 4.79 Å². The van der Waals surface area contributed by atoms with Gasteiger partial charge in [-0.2, -0.15) is 12.6 Å². The molecule has 0 amide bonds. The van der Waals surface area contributed by atoms with Crippen molar-refractivity contribution >= 4 is 18.6 Å². The van der Waals surface area contributed by atoms with E-state index in [1.54, 1.807) is 5.57 Å². The monoisotopic (exact) mass is 215 g/mol. The molecule has 2 rings (SSSR count). The van der Waals surface area contributed by atoms with Crippen LogP contribution in [0.4, 0.5) is 0 Å². The summed E-state index contributed by atoms with van der Waals surface area (Å²) >= 11 is 3.65. The molecule has 3 nitrogen and oxygen atoms in total. The molecule has 14 heavy (non-hydrogen) atoms. The molecule has 4 heteroatoms. The number of rotatable bonds is 2. The summed E-state index contributed by atoms with van der Waals surface area (Å²) in [6, 6.07) is -0.816. The van der Waals surface area contributed by atoms with Gasteiger partial charge in [-0.05, 0) is 31.6 Å². The zero-order chi connectivity index (χ0) is 10.6. The van der Waals surface area contributed by atoms with Crippen molar-refractivity contribution in [2.45, 2.75) is 31.7 Å². The standard InChI is InChI=1S/C7H10.C3H7NO2S/c1-2-7-4-3-6(1)5-7;4-2(1-7)3(5)6/h1,7H,2-5H2;2,7H,1,4H2,(H,5,6). The first-order chi connectivity index (χ1) is 6.63. The predicted octanol–water partition coefficient (Wildman–Crippen LogP) is 1.44. The van der Waals surface area contributed by atoms with Gasteiger partial charge in [-0.25, -0.2) is 0 Å². The van der Waals surface area contributed by atoms with Gasteiger partial charge >= 0.3 is 5.97 Å². The van der Waals surface area contributed by atoms with Crippen molar-refractivity contribution in [3.05, 3.63) is 11.6 Å². The molecular formula is C10H17NO2S. The van der Waals surface area contributed by atoms with Gasteiger partial charge in [0.2, 0.25) is 0 Å². The highest BCUT2D eigenvalue weighted by molar-refractivity contribution is 7.80. The molecule has 0 heterocycles. The van der Waals surface area contributed by atoms with Crippen molar-refractivity contribution in [3.8, 4) is 0 Å². The minimum Gasteiger partial charge on any atom is -0.480 e. The first-order valence-electron chi connectivity index (χ1n) is 4.90. The summed E-state index contributed by atoms with van der Waals surface area (Å²) in [7, 11) is 0. The molecule has 0 radical (unpaired) electrons. The Balaban J connectivity index is 0.000000140. The number of fused-ring (bicyclic) bond motifs is 2. The van der Waals surface area contributed by atoms with E-state index in [1.807, 2.05) is 0 Å². The minimum absolute atomic E-state index is 0.190. The van der Waals surface area contributed by atoms with E-state index >= 15 is 0 Å². The Labute approximate surface area is 89.8 Å². The lowest BCUT2D eigenvalue weighted by Gasteiger charge is -1.98. The van der Waals surface area contributed by atoms with Crippen molar-refractivity contribution in [2.75, 3.05) is 5.75 Å². The Morgan fingerprint density at radius 2 is 2.50 bits per heavy atom. The maximum atomic E-state index is 9.76. The normalized spacial score (nSPS) is 25.0. The number of carboxylic acids is 1. The Morgan fingerprint density at radius 1 is 1.79 bits per heavy atom. The van der Waals surface area contributed by atoms with E-state index < -0.39 is 12.0 Å². The molecule has 1 fully saturated rings. The molecule has 0 saturated heterocycles. The smallest absolute Gasteiger partial charge is 0.321 e. The second-order valence-corrected chi connectivity index (χ2v) is 4.20. The maximum Gasteiger partial charge on any atom is 0.321 e. The Hall–Kier alpha value is -0.480. The summed E-state index contributed by atoms with van der Waals surface area (Å²) in [6.45, 7) is 0. The van der Waals surface area contributed by atoms with E-state index in [4.69, 9.17) is 10.8 Å². The number of thiol groups is 1. The number of allylic oxidation sites excluding steroid dienone is 2. The van der Waals surface area contributed by atoms with Gasteiger partial charge in [0, 0.05) is 5.75 Å². The lowest BCUT2D eigenvalue weighted by Crippen LogP contribution is -2.31. The molecule has 3 N–H and O–H groups in total. The summed E-state index contributed by atoms with van der Waals surface area (Å²) in [5.74, 6) is 0.264. The van der Waals surface area contributed by atoms with Gasteiger partial charge in [0.25, 0.3) is 0 Å². The third-order valence-electron chi connectivity index (χ3n) is 2.68. The highest BCUT2D eigenvalue weighted by Crippen LogP contribution is 2.38. The van der Waals surface area contributed by atoms with Crippen LogP contribution in [0.25, 0.3) is 0 Å². The van der Waals surface area contributed by atoms with Gasteiger partial charge < -0.3 is 10.8 Å². The number of carboxylic acid groups (broad SMARTS) is 1. The molecular weight excluding hydrogens is 198 g/mol. The average Bonchev–Trinajstić information content (AvgIpc) is 2.80. The Morgan fingerprint density at radius 3 is 2.57 bits per heavy atom. The van der Waals surface area contributed by atoms with Crippen LogP contribution in [0.3, 0.4) is 0 Å². The topological polar surface area (TPSA) is 63.3 Å². The third-order valence-corrected chi connectivity index (χ3v) is 3.07. The van der Waals surface area contributed by atoms with Crippen molar-refractivity contribution in [1.29, 1.82) is 0 Å². The number of carbonyl (C=O) groups is 1. The molecule has 2 atom stereocenters. The molecule has 1 saturated carbocycles. The summed E-state index contributed by atoms with van der Waals surface area (Å²) in [4.78, 5) is 9.76. The summed E-state index contributed by atoms with van der Waals surface area (Å²) < 4.78 is 0. The molecule has 0 aromatic rings.